The molecule has 3 heterocycles. The molecule has 8 nitrogen and oxygen atoms in total. The molecule has 2 N–H and O–H groups in total. The van der Waals surface area contributed by atoms with E-state index in [9.17, 15) is 9.59 Å². The molecule has 9 heteroatoms. The second-order valence-corrected chi connectivity index (χ2v) is 11.1. The number of amides is 2. The Kier molecular flexibility index (Phi) is 8.69. The van der Waals surface area contributed by atoms with Crippen molar-refractivity contribution in [3.63, 3.8) is 0 Å². The zero-order valence-corrected chi connectivity index (χ0v) is 24.1. The van der Waals surface area contributed by atoms with Crippen LogP contribution in [0.4, 0.5) is 0 Å². The van der Waals surface area contributed by atoms with Crippen molar-refractivity contribution in [1.29, 1.82) is 0 Å². The van der Waals surface area contributed by atoms with Crippen LogP contribution >= 0.6 is 11.3 Å². The van der Waals surface area contributed by atoms with Crippen LogP contribution in [0.2, 0.25) is 0 Å². The van der Waals surface area contributed by atoms with Crippen LogP contribution in [0.1, 0.15) is 79.1 Å². The lowest BCUT2D eigenvalue weighted by Gasteiger charge is -2.19. The smallest absolute Gasteiger partial charge is 0.252 e. The average molecular weight is 561 g/mol. The highest BCUT2D eigenvalue weighted by molar-refractivity contribution is 7.09. The molecule has 1 aliphatic heterocycles. The molecule has 2 aromatic carbocycles. The molecule has 0 fully saturated rings. The van der Waals surface area contributed by atoms with Crippen molar-refractivity contribution in [1.82, 2.24) is 20.2 Å². The summed E-state index contributed by atoms with van der Waals surface area (Å²) < 4.78 is 13.1. The number of hydrogen-bond acceptors (Lipinski definition) is 6. The summed E-state index contributed by atoms with van der Waals surface area (Å²) in [5.74, 6) is 1.88. The molecule has 2 amide bonds. The first-order valence-electron chi connectivity index (χ1n) is 14.0. The monoisotopic (exact) mass is 560 g/mol. The van der Waals surface area contributed by atoms with Crippen molar-refractivity contribution < 1.29 is 19.1 Å². The third-order valence-corrected chi connectivity index (χ3v) is 8.22. The van der Waals surface area contributed by atoms with E-state index in [1.165, 1.54) is 4.88 Å². The SMILES string of the molecule is CCCC(NC(=O)c1ccc2c(c1)nc(Cc1cccs1)n2C(CC)CC)C(=O)NCc1ccc2c(c1)OCO2. The molecule has 210 valence electrons. The van der Waals surface area contributed by atoms with E-state index in [0.717, 1.165) is 48.1 Å². The molecule has 40 heavy (non-hydrogen) atoms. The largest absolute Gasteiger partial charge is 0.454 e. The van der Waals surface area contributed by atoms with E-state index >= 15 is 0 Å². The summed E-state index contributed by atoms with van der Waals surface area (Å²) in [6.45, 7) is 6.92. The standard InChI is InChI=1S/C31H36N4O4S/c1-4-8-24(31(37)32-18-20-10-13-27-28(15-20)39-19-38-27)34-30(36)21-11-12-26-25(16-21)33-29(17-23-9-7-14-40-23)35(26)22(5-2)6-3/h7,9-16,22,24H,4-6,8,17-19H2,1-3H3,(H,32,37)(H,34,36). The Balaban J connectivity index is 1.31. The minimum Gasteiger partial charge on any atom is -0.454 e. The maximum atomic E-state index is 13.3. The van der Waals surface area contributed by atoms with Crippen molar-refractivity contribution in [2.24, 2.45) is 0 Å². The van der Waals surface area contributed by atoms with E-state index in [1.807, 2.05) is 43.3 Å². The van der Waals surface area contributed by atoms with Crippen molar-refractivity contribution in [3.8, 4) is 11.5 Å². The number of carbonyl (C=O) groups is 2. The van der Waals surface area contributed by atoms with Crippen molar-refractivity contribution in [2.75, 3.05) is 6.79 Å². The number of hydrogen-bond donors (Lipinski definition) is 2. The quantitative estimate of drug-likeness (QED) is 0.222. The topological polar surface area (TPSA) is 94.5 Å². The first kappa shape index (κ1) is 27.7. The second-order valence-electron chi connectivity index (χ2n) is 10.0. The number of imidazole rings is 1. The van der Waals surface area contributed by atoms with Crippen LogP contribution in [0.15, 0.2) is 53.9 Å². The molecular weight excluding hydrogens is 524 g/mol. The normalized spacial score (nSPS) is 13.1. The van der Waals surface area contributed by atoms with Crippen LogP contribution in [0, 0.1) is 0 Å². The zero-order chi connectivity index (χ0) is 28.1. The second kappa shape index (κ2) is 12.6. The molecule has 2 aromatic heterocycles. The summed E-state index contributed by atoms with van der Waals surface area (Å²) in [4.78, 5) is 32.6. The van der Waals surface area contributed by atoms with Gasteiger partial charge >= 0.3 is 0 Å². The number of aromatic nitrogens is 2. The Bertz CT molecular complexity index is 1480. The van der Waals surface area contributed by atoms with Gasteiger partial charge in [-0.3, -0.25) is 9.59 Å². The van der Waals surface area contributed by atoms with Crippen LogP contribution in [0.5, 0.6) is 11.5 Å². The van der Waals surface area contributed by atoms with E-state index in [0.29, 0.717) is 36.1 Å². The van der Waals surface area contributed by atoms with Gasteiger partial charge in [0.25, 0.3) is 5.91 Å². The summed E-state index contributed by atoms with van der Waals surface area (Å²) in [6.07, 6.45) is 4.05. The Morgan fingerprint density at radius 1 is 1.05 bits per heavy atom. The van der Waals surface area contributed by atoms with Gasteiger partial charge in [0.05, 0.1) is 11.0 Å². The summed E-state index contributed by atoms with van der Waals surface area (Å²) in [6, 6.07) is 15.1. The van der Waals surface area contributed by atoms with Crippen LogP contribution in [0.25, 0.3) is 11.0 Å². The molecule has 0 aliphatic carbocycles. The average Bonchev–Trinajstić information content (AvgIpc) is 3.72. The van der Waals surface area contributed by atoms with Gasteiger partial charge in [-0.25, -0.2) is 4.98 Å². The van der Waals surface area contributed by atoms with Crippen LogP contribution < -0.4 is 20.1 Å². The van der Waals surface area contributed by atoms with Crippen molar-refractivity contribution in [3.05, 3.63) is 75.7 Å². The molecule has 1 atom stereocenters. The molecule has 0 radical (unpaired) electrons. The number of thiophene rings is 1. The van der Waals surface area contributed by atoms with Crippen molar-refractivity contribution in [2.45, 2.75) is 71.5 Å². The fraction of sp³-hybridized carbons (Fsp3) is 0.387. The zero-order valence-electron chi connectivity index (χ0n) is 23.2. The summed E-state index contributed by atoms with van der Waals surface area (Å²) in [5, 5.41) is 7.99. The Morgan fingerprint density at radius 2 is 1.88 bits per heavy atom. The van der Waals surface area contributed by atoms with E-state index in [1.54, 1.807) is 11.3 Å². The van der Waals surface area contributed by atoms with Gasteiger partial charge in [0, 0.05) is 29.4 Å². The van der Waals surface area contributed by atoms with Crippen LogP contribution in [-0.4, -0.2) is 34.2 Å². The highest BCUT2D eigenvalue weighted by Gasteiger charge is 2.23. The first-order valence-corrected chi connectivity index (χ1v) is 14.9. The van der Waals surface area contributed by atoms with E-state index in [2.05, 4.69) is 46.6 Å². The van der Waals surface area contributed by atoms with Gasteiger partial charge in [0.15, 0.2) is 11.5 Å². The van der Waals surface area contributed by atoms with Crippen LogP contribution in [0.3, 0.4) is 0 Å². The lowest BCUT2D eigenvalue weighted by Crippen LogP contribution is -2.46. The molecule has 0 bridgehead atoms. The van der Waals surface area contributed by atoms with E-state index < -0.39 is 6.04 Å². The maximum absolute atomic E-state index is 13.3. The molecule has 0 saturated carbocycles. The minimum atomic E-state index is -0.640. The highest BCUT2D eigenvalue weighted by atomic mass is 32.1. The van der Waals surface area contributed by atoms with E-state index in [4.69, 9.17) is 14.5 Å². The third kappa shape index (κ3) is 5.99. The lowest BCUT2D eigenvalue weighted by molar-refractivity contribution is -0.123. The summed E-state index contributed by atoms with van der Waals surface area (Å²) >= 11 is 1.73. The summed E-state index contributed by atoms with van der Waals surface area (Å²) in [7, 11) is 0. The molecule has 5 rings (SSSR count). The highest BCUT2D eigenvalue weighted by Crippen LogP contribution is 2.32. The predicted octanol–water partition coefficient (Wildman–Crippen LogP) is 5.99. The number of fused-ring (bicyclic) bond motifs is 2. The molecular formula is C31H36N4O4S. The third-order valence-electron chi connectivity index (χ3n) is 7.35. The molecule has 0 saturated heterocycles. The Hall–Kier alpha value is -3.85. The number of carbonyl (C=O) groups excluding carboxylic acids is 2. The van der Waals surface area contributed by atoms with Gasteiger partial charge in [-0.15, -0.1) is 11.3 Å². The molecule has 1 aliphatic rings. The van der Waals surface area contributed by atoms with Gasteiger partial charge in [-0.05, 0) is 66.6 Å². The predicted molar refractivity (Wildman–Crippen MR) is 157 cm³/mol. The minimum absolute atomic E-state index is 0.204. The number of nitrogens with one attached hydrogen (secondary N) is 2. The fourth-order valence-corrected chi connectivity index (χ4v) is 5.91. The lowest BCUT2D eigenvalue weighted by atomic mass is 10.1. The molecule has 0 spiro atoms. The van der Waals surface area contributed by atoms with Crippen LogP contribution in [-0.2, 0) is 17.8 Å². The van der Waals surface area contributed by atoms with Crippen molar-refractivity contribution >= 4 is 34.2 Å². The number of rotatable bonds is 12. The number of ether oxygens (including phenoxy) is 2. The Labute approximate surface area is 238 Å². The fourth-order valence-electron chi connectivity index (χ4n) is 5.21. The van der Waals surface area contributed by atoms with Gasteiger partial charge in [0.1, 0.15) is 11.9 Å². The maximum Gasteiger partial charge on any atom is 0.252 e. The first-order chi connectivity index (χ1) is 19.5. The number of benzene rings is 2. The van der Waals surface area contributed by atoms with Gasteiger partial charge in [-0.2, -0.15) is 0 Å². The molecule has 1 unspecified atom stereocenters. The van der Waals surface area contributed by atoms with Gasteiger partial charge in [0.2, 0.25) is 12.7 Å². The Morgan fingerprint density at radius 3 is 2.62 bits per heavy atom. The summed E-state index contributed by atoms with van der Waals surface area (Å²) in [5.41, 5.74) is 3.22. The van der Waals surface area contributed by atoms with Gasteiger partial charge < -0.3 is 24.7 Å². The molecule has 4 aromatic rings. The van der Waals surface area contributed by atoms with E-state index in [-0.39, 0.29) is 18.6 Å². The van der Waals surface area contributed by atoms with Gasteiger partial charge in [-0.1, -0.05) is 39.3 Å². The number of nitrogens with zero attached hydrogens (tertiary/aromatic N) is 2.